The quantitative estimate of drug-likeness (QED) is 0.447. The Morgan fingerprint density at radius 1 is 0.970 bits per heavy atom. The highest BCUT2D eigenvalue weighted by molar-refractivity contribution is 7.92. The predicted molar refractivity (Wildman–Crippen MR) is 132 cm³/mol. The van der Waals surface area contributed by atoms with Gasteiger partial charge in [0.15, 0.2) is 0 Å². The molecule has 6 nitrogen and oxygen atoms in total. The monoisotopic (exact) mass is 466 g/mol. The molecule has 0 heterocycles. The number of carbonyl (C=O) groups is 1. The summed E-state index contributed by atoms with van der Waals surface area (Å²) in [6.07, 6.45) is 3.21. The largest absolute Gasteiger partial charge is 0.495 e. The number of aryl methyl sites for hydroxylation is 2. The second kappa shape index (κ2) is 11.0. The first-order chi connectivity index (χ1) is 15.8. The van der Waals surface area contributed by atoms with Gasteiger partial charge in [-0.2, -0.15) is 0 Å². The molecule has 33 heavy (non-hydrogen) atoms. The third-order valence-corrected chi connectivity index (χ3v) is 7.08. The molecule has 0 spiro atoms. The van der Waals surface area contributed by atoms with E-state index in [2.05, 4.69) is 12.2 Å². The van der Waals surface area contributed by atoms with E-state index < -0.39 is 22.5 Å². The number of anilines is 2. The highest BCUT2D eigenvalue weighted by Gasteiger charge is 2.29. The van der Waals surface area contributed by atoms with Crippen LogP contribution in [0.2, 0.25) is 0 Å². The summed E-state index contributed by atoms with van der Waals surface area (Å²) < 4.78 is 33.5. The van der Waals surface area contributed by atoms with Crippen LogP contribution < -0.4 is 14.4 Å². The number of unbranched alkanes of at least 4 members (excludes halogenated alkanes) is 1. The van der Waals surface area contributed by atoms with Gasteiger partial charge in [-0.05, 0) is 61.7 Å². The van der Waals surface area contributed by atoms with E-state index in [0.29, 0.717) is 17.1 Å². The van der Waals surface area contributed by atoms with E-state index in [1.807, 2.05) is 31.2 Å². The van der Waals surface area contributed by atoms with E-state index in [1.54, 1.807) is 48.5 Å². The maximum Gasteiger partial charge on any atom is 0.264 e. The number of carbonyl (C=O) groups excluding carboxylic acids is 1. The van der Waals surface area contributed by atoms with Crippen molar-refractivity contribution in [3.8, 4) is 5.75 Å². The summed E-state index contributed by atoms with van der Waals surface area (Å²) in [4.78, 5) is 13.0. The lowest BCUT2D eigenvalue weighted by Gasteiger charge is -2.25. The number of rotatable bonds is 10. The number of para-hydroxylation sites is 2. The number of sulfonamides is 1. The molecule has 0 fully saturated rings. The standard InChI is InChI=1S/C26H30N2O4S/c1-4-5-8-21-13-15-22(16-14-21)27-26(29)19-28(24-9-6-7-10-25(24)32-3)33(30,31)23-17-11-20(2)12-18-23/h6-7,9-18H,4-5,8,19H2,1-3H3,(H,27,29). The Morgan fingerprint density at radius 3 is 2.27 bits per heavy atom. The van der Waals surface area contributed by atoms with Crippen molar-refractivity contribution in [1.29, 1.82) is 0 Å². The average Bonchev–Trinajstić information content (AvgIpc) is 2.82. The van der Waals surface area contributed by atoms with Gasteiger partial charge in [-0.3, -0.25) is 9.10 Å². The van der Waals surface area contributed by atoms with Crippen molar-refractivity contribution in [1.82, 2.24) is 0 Å². The Morgan fingerprint density at radius 2 is 1.64 bits per heavy atom. The zero-order chi connectivity index (χ0) is 23.8. The minimum Gasteiger partial charge on any atom is -0.495 e. The molecule has 3 aromatic carbocycles. The van der Waals surface area contributed by atoms with Crippen LogP contribution in [-0.2, 0) is 21.2 Å². The van der Waals surface area contributed by atoms with Gasteiger partial charge in [0, 0.05) is 5.69 Å². The minimum atomic E-state index is -4.02. The van der Waals surface area contributed by atoms with E-state index in [4.69, 9.17) is 4.74 Å². The van der Waals surface area contributed by atoms with Crippen LogP contribution in [0.25, 0.3) is 0 Å². The van der Waals surface area contributed by atoms with Crippen molar-refractivity contribution in [2.45, 2.75) is 38.0 Å². The van der Waals surface area contributed by atoms with Crippen LogP contribution >= 0.6 is 0 Å². The third kappa shape index (κ3) is 6.14. The van der Waals surface area contributed by atoms with Crippen molar-refractivity contribution in [3.63, 3.8) is 0 Å². The molecule has 1 N–H and O–H groups in total. The molecule has 0 aliphatic heterocycles. The van der Waals surface area contributed by atoms with Crippen molar-refractivity contribution < 1.29 is 17.9 Å². The van der Waals surface area contributed by atoms with Gasteiger partial charge < -0.3 is 10.1 Å². The van der Waals surface area contributed by atoms with Gasteiger partial charge in [-0.25, -0.2) is 8.42 Å². The maximum atomic E-state index is 13.5. The molecular weight excluding hydrogens is 436 g/mol. The van der Waals surface area contributed by atoms with Crippen LogP contribution in [0.5, 0.6) is 5.75 Å². The topological polar surface area (TPSA) is 75.7 Å². The maximum absolute atomic E-state index is 13.5. The molecule has 3 aromatic rings. The molecule has 0 aromatic heterocycles. The Balaban J connectivity index is 1.88. The summed E-state index contributed by atoms with van der Waals surface area (Å²) in [5.74, 6) is -0.0841. The van der Waals surface area contributed by atoms with Gasteiger partial charge in [0.05, 0.1) is 17.7 Å². The second-order valence-electron chi connectivity index (χ2n) is 7.85. The van der Waals surface area contributed by atoms with Crippen molar-refractivity contribution in [2.75, 3.05) is 23.3 Å². The first-order valence-corrected chi connectivity index (χ1v) is 12.4. The molecule has 0 saturated heterocycles. The van der Waals surface area contributed by atoms with Gasteiger partial charge in [-0.1, -0.05) is 55.3 Å². The fraction of sp³-hybridized carbons (Fsp3) is 0.269. The first kappa shape index (κ1) is 24.3. The zero-order valence-electron chi connectivity index (χ0n) is 19.2. The summed E-state index contributed by atoms with van der Waals surface area (Å²) in [6, 6.07) is 20.9. The summed E-state index contributed by atoms with van der Waals surface area (Å²) in [5, 5.41) is 2.81. The fourth-order valence-corrected chi connectivity index (χ4v) is 4.87. The third-order valence-electron chi connectivity index (χ3n) is 5.31. The number of nitrogens with one attached hydrogen (secondary N) is 1. The molecule has 0 aliphatic carbocycles. The lowest BCUT2D eigenvalue weighted by molar-refractivity contribution is -0.114. The van der Waals surface area contributed by atoms with Crippen LogP contribution in [0.1, 0.15) is 30.9 Å². The van der Waals surface area contributed by atoms with Crippen molar-refractivity contribution in [2.24, 2.45) is 0 Å². The summed E-state index contributed by atoms with van der Waals surface area (Å²) >= 11 is 0. The highest BCUT2D eigenvalue weighted by atomic mass is 32.2. The van der Waals surface area contributed by atoms with Gasteiger partial charge in [0.1, 0.15) is 12.3 Å². The number of hydrogen-bond acceptors (Lipinski definition) is 4. The smallest absolute Gasteiger partial charge is 0.264 e. The SMILES string of the molecule is CCCCc1ccc(NC(=O)CN(c2ccccc2OC)S(=O)(=O)c2ccc(C)cc2)cc1. The summed E-state index contributed by atoms with van der Waals surface area (Å²) in [5.41, 5.74) is 3.06. The minimum absolute atomic E-state index is 0.104. The molecular formula is C26H30N2O4S. The molecule has 7 heteroatoms. The molecule has 0 aliphatic rings. The first-order valence-electron chi connectivity index (χ1n) is 11.0. The van der Waals surface area contributed by atoms with Crippen LogP contribution in [0.15, 0.2) is 77.7 Å². The summed E-state index contributed by atoms with van der Waals surface area (Å²) in [7, 11) is -2.55. The Hall–Kier alpha value is -3.32. The second-order valence-corrected chi connectivity index (χ2v) is 9.71. The van der Waals surface area contributed by atoms with E-state index in [-0.39, 0.29) is 4.90 Å². The lowest BCUT2D eigenvalue weighted by Crippen LogP contribution is -2.38. The Bertz CT molecular complexity index is 1170. The normalized spacial score (nSPS) is 11.1. The molecule has 0 saturated carbocycles. The van der Waals surface area contributed by atoms with Crippen LogP contribution in [0, 0.1) is 6.92 Å². The number of ether oxygens (including phenoxy) is 1. The van der Waals surface area contributed by atoms with E-state index >= 15 is 0 Å². The van der Waals surface area contributed by atoms with Gasteiger partial charge in [-0.15, -0.1) is 0 Å². The summed E-state index contributed by atoms with van der Waals surface area (Å²) in [6.45, 7) is 3.64. The van der Waals surface area contributed by atoms with Gasteiger partial charge in [0.2, 0.25) is 5.91 Å². The van der Waals surface area contributed by atoms with E-state index in [9.17, 15) is 13.2 Å². The predicted octanol–water partition coefficient (Wildman–Crippen LogP) is 5.18. The molecule has 0 unspecified atom stereocenters. The molecule has 0 radical (unpaired) electrons. The molecule has 174 valence electrons. The Kier molecular flexibility index (Phi) is 8.11. The zero-order valence-corrected chi connectivity index (χ0v) is 20.1. The van der Waals surface area contributed by atoms with Crippen molar-refractivity contribution in [3.05, 3.63) is 83.9 Å². The molecule has 1 amide bonds. The number of benzene rings is 3. The molecule has 0 atom stereocenters. The Labute approximate surface area is 196 Å². The molecule has 3 rings (SSSR count). The fourth-order valence-electron chi connectivity index (χ4n) is 3.44. The van der Waals surface area contributed by atoms with E-state index in [1.165, 1.54) is 12.7 Å². The highest BCUT2D eigenvalue weighted by Crippen LogP contribution is 2.32. The number of hydrogen-bond donors (Lipinski definition) is 1. The number of nitrogens with zero attached hydrogens (tertiary/aromatic N) is 1. The molecule has 0 bridgehead atoms. The van der Waals surface area contributed by atoms with Crippen LogP contribution in [0.4, 0.5) is 11.4 Å². The lowest BCUT2D eigenvalue weighted by atomic mass is 10.1. The number of methoxy groups -OCH3 is 1. The van der Waals surface area contributed by atoms with Crippen LogP contribution in [-0.4, -0.2) is 28.0 Å². The van der Waals surface area contributed by atoms with E-state index in [0.717, 1.165) is 29.1 Å². The average molecular weight is 467 g/mol. The van der Waals surface area contributed by atoms with Gasteiger partial charge in [0.25, 0.3) is 10.0 Å². The number of amides is 1. The van der Waals surface area contributed by atoms with Crippen LogP contribution in [0.3, 0.4) is 0 Å². The van der Waals surface area contributed by atoms with Crippen molar-refractivity contribution >= 4 is 27.3 Å². The van der Waals surface area contributed by atoms with Gasteiger partial charge >= 0.3 is 0 Å².